The second-order valence-corrected chi connectivity index (χ2v) is 5.90. The van der Waals surface area contributed by atoms with E-state index in [-0.39, 0.29) is 0 Å². The fraction of sp³-hybridized carbons (Fsp3) is 0.667. The first kappa shape index (κ1) is 12.5. The van der Waals surface area contributed by atoms with Crippen LogP contribution in [-0.2, 0) is 4.79 Å². The lowest BCUT2D eigenvalue weighted by atomic mass is 9.80. The van der Waals surface area contributed by atoms with Crippen LogP contribution in [0.5, 0.6) is 0 Å². The zero-order valence-corrected chi connectivity index (χ0v) is 11.0. The molecule has 5 heteroatoms. The van der Waals surface area contributed by atoms with Gasteiger partial charge in [-0.2, -0.15) is 0 Å². The third-order valence-corrected chi connectivity index (χ3v) is 4.77. The lowest BCUT2D eigenvalue weighted by Crippen LogP contribution is -2.43. The van der Waals surface area contributed by atoms with Gasteiger partial charge in [-0.1, -0.05) is 0 Å². The molecule has 1 aliphatic heterocycles. The number of aromatic nitrogens is 1. The monoisotopic (exact) mass is 254 g/mol. The molecule has 0 bridgehead atoms. The number of piperidine rings is 1. The summed E-state index contributed by atoms with van der Waals surface area (Å²) in [4.78, 5) is 18.8. The molecule has 1 atom stereocenters. The van der Waals surface area contributed by atoms with E-state index >= 15 is 0 Å². The summed E-state index contributed by atoms with van der Waals surface area (Å²) in [7, 11) is 0. The van der Waals surface area contributed by atoms with Crippen molar-refractivity contribution in [3.63, 3.8) is 0 Å². The molecule has 1 unspecified atom stereocenters. The Morgan fingerprint density at radius 2 is 2.24 bits per heavy atom. The van der Waals surface area contributed by atoms with Gasteiger partial charge in [0.15, 0.2) is 0 Å². The molecule has 0 spiro atoms. The molecule has 0 saturated carbocycles. The lowest BCUT2D eigenvalue weighted by Gasteiger charge is -2.39. The summed E-state index contributed by atoms with van der Waals surface area (Å²) in [6, 6.07) is 0.348. The summed E-state index contributed by atoms with van der Waals surface area (Å²) >= 11 is 1.66. The summed E-state index contributed by atoms with van der Waals surface area (Å²) in [5, 5.41) is 9.18. The first-order chi connectivity index (χ1) is 8.03. The number of hydrogen-bond donors (Lipinski definition) is 1. The van der Waals surface area contributed by atoms with Crippen LogP contribution in [0.3, 0.4) is 0 Å². The predicted octanol–water partition coefficient (Wildman–Crippen LogP) is 2.39. The molecule has 17 heavy (non-hydrogen) atoms. The molecule has 0 radical (unpaired) electrons. The Morgan fingerprint density at radius 3 is 2.71 bits per heavy atom. The molecule has 2 rings (SSSR count). The fourth-order valence-corrected chi connectivity index (χ4v) is 2.94. The van der Waals surface area contributed by atoms with E-state index in [1.165, 1.54) is 4.88 Å². The Kier molecular flexibility index (Phi) is 3.49. The van der Waals surface area contributed by atoms with Crippen molar-refractivity contribution in [2.24, 2.45) is 5.41 Å². The molecule has 0 aromatic carbocycles. The Labute approximate surface area is 105 Å². The first-order valence-corrected chi connectivity index (χ1v) is 6.77. The number of carbonyl (C=O) groups is 1. The zero-order valence-electron chi connectivity index (χ0n) is 10.2. The van der Waals surface area contributed by atoms with Crippen molar-refractivity contribution in [3.8, 4) is 0 Å². The predicted molar refractivity (Wildman–Crippen MR) is 67.1 cm³/mol. The smallest absolute Gasteiger partial charge is 0.309 e. The van der Waals surface area contributed by atoms with Gasteiger partial charge in [0, 0.05) is 17.1 Å². The number of aliphatic carboxylic acids is 1. The van der Waals surface area contributed by atoms with Gasteiger partial charge in [0.05, 0.1) is 10.9 Å². The number of carboxylic acid groups (broad SMARTS) is 1. The number of likely N-dealkylation sites (tertiary alicyclic amines) is 1. The molecule has 1 aromatic rings. The van der Waals surface area contributed by atoms with Crippen LogP contribution < -0.4 is 0 Å². The normalized spacial score (nSPS) is 22.2. The second-order valence-electron chi connectivity index (χ2n) is 4.98. The Hall–Kier alpha value is -0.940. The van der Waals surface area contributed by atoms with Crippen LogP contribution in [0.4, 0.5) is 0 Å². The molecule has 1 aliphatic rings. The third kappa shape index (κ3) is 2.50. The van der Waals surface area contributed by atoms with Gasteiger partial charge in [-0.15, -0.1) is 11.3 Å². The van der Waals surface area contributed by atoms with Crippen molar-refractivity contribution in [2.45, 2.75) is 32.7 Å². The first-order valence-electron chi connectivity index (χ1n) is 5.89. The molecule has 94 valence electrons. The summed E-state index contributed by atoms with van der Waals surface area (Å²) in [5.74, 6) is -0.664. The highest BCUT2D eigenvalue weighted by molar-refractivity contribution is 7.09. The highest BCUT2D eigenvalue weighted by atomic mass is 32.1. The lowest BCUT2D eigenvalue weighted by molar-refractivity contribution is -0.151. The van der Waals surface area contributed by atoms with Gasteiger partial charge in [0.25, 0.3) is 0 Å². The van der Waals surface area contributed by atoms with Crippen LogP contribution in [0.1, 0.15) is 37.6 Å². The molecule has 4 nitrogen and oxygen atoms in total. The van der Waals surface area contributed by atoms with Gasteiger partial charge in [-0.05, 0) is 39.8 Å². The number of nitrogens with zero attached hydrogens (tertiary/aromatic N) is 2. The fourth-order valence-electron chi connectivity index (χ4n) is 2.23. The number of hydrogen-bond acceptors (Lipinski definition) is 4. The maximum absolute atomic E-state index is 11.2. The summed E-state index contributed by atoms with van der Waals surface area (Å²) in [5.41, 5.74) is 1.31. The molecule has 1 saturated heterocycles. The topological polar surface area (TPSA) is 53.4 Å². The minimum atomic E-state index is -0.664. The molecular weight excluding hydrogens is 236 g/mol. The van der Waals surface area contributed by atoms with Crippen LogP contribution in [-0.4, -0.2) is 34.0 Å². The van der Waals surface area contributed by atoms with E-state index in [9.17, 15) is 9.90 Å². The number of thiazole rings is 1. The highest BCUT2D eigenvalue weighted by Gasteiger charge is 2.38. The second kappa shape index (κ2) is 4.74. The van der Waals surface area contributed by atoms with Crippen molar-refractivity contribution in [1.29, 1.82) is 0 Å². The van der Waals surface area contributed by atoms with E-state index in [4.69, 9.17) is 0 Å². The summed E-state index contributed by atoms with van der Waals surface area (Å²) in [6.45, 7) is 5.71. The van der Waals surface area contributed by atoms with E-state index in [1.54, 1.807) is 11.3 Å². The summed E-state index contributed by atoms with van der Waals surface area (Å²) in [6.07, 6.45) is 3.36. The molecule has 1 fully saturated rings. The van der Waals surface area contributed by atoms with Crippen molar-refractivity contribution < 1.29 is 9.90 Å². The number of rotatable bonds is 3. The summed E-state index contributed by atoms with van der Waals surface area (Å²) < 4.78 is 0. The van der Waals surface area contributed by atoms with Crippen molar-refractivity contribution in [3.05, 3.63) is 16.6 Å². The van der Waals surface area contributed by atoms with Crippen molar-refractivity contribution >= 4 is 17.3 Å². The molecule has 1 N–H and O–H groups in total. The van der Waals surface area contributed by atoms with Gasteiger partial charge >= 0.3 is 5.97 Å². The van der Waals surface area contributed by atoms with E-state index < -0.39 is 11.4 Å². The quantitative estimate of drug-likeness (QED) is 0.900. The van der Waals surface area contributed by atoms with E-state index in [2.05, 4.69) is 16.8 Å². The minimum absolute atomic E-state index is 0.348. The van der Waals surface area contributed by atoms with Crippen LogP contribution in [0.15, 0.2) is 11.7 Å². The van der Waals surface area contributed by atoms with Gasteiger partial charge in [0.1, 0.15) is 0 Å². The molecule has 0 aliphatic carbocycles. The average molecular weight is 254 g/mol. The van der Waals surface area contributed by atoms with Gasteiger partial charge < -0.3 is 5.11 Å². The molecule has 0 amide bonds. The SMILES string of the molecule is CC(c1cncs1)N1CCC(C)(C(=O)O)CC1. The Bertz CT molecular complexity index is 383. The maximum atomic E-state index is 11.2. The van der Waals surface area contributed by atoms with Crippen LogP contribution in [0.2, 0.25) is 0 Å². The minimum Gasteiger partial charge on any atom is -0.481 e. The molecule has 2 heterocycles. The highest BCUT2D eigenvalue weighted by Crippen LogP contribution is 2.35. The van der Waals surface area contributed by atoms with E-state index in [0.29, 0.717) is 6.04 Å². The Morgan fingerprint density at radius 1 is 1.59 bits per heavy atom. The zero-order chi connectivity index (χ0) is 12.5. The third-order valence-electron chi connectivity index (χ3n) is 3.83. The van der Waals surface area contributed by atoms with E-state index in [1.807, 2.05) is 18.6 Å². The largest absolute Gasteiger partial charge is 0.481 e. The van der Waals surface area contributed by atoms with Crippen LogP contribution in [0.25, 0.3) is 0 Å². The van der Waals surface area contributed by atoms with Crippen LogP contribution in [0, 0.1) is 5.41 Å². The average Bonchev–Trinajstić information content (AvgIpc) is 2.82. The van der Waals surface area contributed by atoms with Gasteiger partial charge in [-0.3, -0.25) is 14.7 Å². The molecular formula is C12H18N2O2S. The van der Waals surface area contributed by atoms with Gasteiger partial charge in [-0.25, -0.2) is 0 Å². The number of carboxylic acids is 1. The molecule has 1 aromatic heterocycles. The van der Waals surface area contributed by atoms with Crippen molar-refractivity contribution in [1.82, 2.24) is 9.88 Å². The van der Waals surface area contributed by atoms with Crippen LogP contribution >= 0.6 is 11.3 Å². The maximum Gasteiger partial charge on any atom is 0.309 e. The van der Waals surface area contributed by atoms with Crippen molar-refractivity contribution in [2.75, 3.05) is 13.1 Å². The van der Waals surface area contributed by atoms with E-state index in [0.717, 1.165) is 25.9 Å². The Balaban J connectivity index is 1.98. The standard InChI is InChI=1S/C12H18N2O2S/c1-9(10-7-13-8-17-10)14-5-3-12(2,4-6-14)11(15)16/h7-9H,3-6H2,1-2H3,(H,15,16). The van der Waals surface area contributed by atoms with Gasteiger partial charge in [0.2, 0.25) is 0 Å².